The van der Waals surface area contributed by atoms with Gasteiger partial charge in [0.15, 0.2) is 0 Å². The largest absolute Gasteiger partial charge is 0.355 e. The Kier molecular flexibility index (Phi) is 5.71. The number of rotatable bonds is 4. The number of amides is 2. The van der Waals surface area contributed by atoms with Crippen molar-refractivity contribution in [1.82, 2.24) is 5.32 Å². The van der Waals surface area contributed by atoms with Gasteiger partial charge in [0.05, 0.1) is 5.69 Å². The Balaban J connectivity index is 2.01. The van der Waals surface area contributed by atoms with Crippen LogP contribution in [0.1, 0.15) is 15.9 Å². The number of hydrogen-bond acceptors (Lipinski definition) is 2. The normalized spacial score (nSPS) is 10.5. The van der Waals surface area contributed by atoms with Crippen LogP contribution in [0.3, 0.4) is 0 Å². The highest BCUT2D eigenvalue weighted by molar-refractivity contribution is 14.1. The molecule has 2 amide bonds. The van der Waals surface area contributed by atoms with Crippen molar-refractivity contribution in [2.45, 2.75) is 0 Å². The van der Waals surface area contributed by atoms with Gasteiger partial charge in [-0.1, -0.05) is 24.3 Å². The number of halogens is 1. The van der Waals surface area contributed by atoms with Crippen LogP contribution in [0.15, 0.2) is 54.6 Å². The fourth-order valence-corrected chi connectivity index (χ4v) is 2.32. The number of hydrogen-bond donors (Lipinski definition) is 2. The van der Waals surface area contributed by atoms with E-state index in [1.807, 2.05) is 24.3 Å². The molecule has 0 aliphatic carbocycles. The topological polar surface area (TPSA) is 58.2 Å². The highest BCUT2D eigenvalue weighted by Crippen LogP contribution is 2.17. The standard InChI is InChI=1S/C17H15IN2O2/c1-19-17(22)13-9-6-12(7-10-13)8-11-16(21)20-15-5-3-2-4-14(15)18/h2-11H,1H3,(H,19,22)(H,20,21)/b11-8+. The maximum Gasteiger partial charge on any atom is 0.251 e. The first kappa shape index (κ1) is 16.2. The first-order chi connectivity index (χ1) is 10.6. The van der Waals surface area contributed by atoms with Crippen molar-refractivity contribution >= 4 is 46.2 Å². The lowest BCUT2D eigenvalue weighted by atomic mass is 10.1. The van der Waals surface area contributed by atoms with Gasteiger partial charge in [-0.2, -0.15) is 0 Å². The predicted octanol–water partition coefficient (Wildman–Crippen LogP) is 3.30. The maximum atomic E-state index is 11.9. The van der Waals surface area contributed by atoms with Gasteiger partial charge in [-0.3, -0.25) is 9.59 Å². The minimum atomic E-state index is -0.195. The predicted molar refractivity (Wildman–Crippen MR) is 96.7 cm³/mol. The summed E-state index contributed by atoms with van der Waals surface area (Å²) in [7, 11) is 1.59. The van der Waals surface area contributed by atoms with E-state index in [0.29, 0.717) is 5.56 Å². The lowest BCUT2D eigenvalue weighted by molar-refractivity contribution is -0.111. The van der Waals surface area contributed by atoms with Crippen molar-refractivity contribution in [3.63, 3.8) is 0 Å². The Bertz CT molecular complexity index is 709. The number of nitrogens with one attached hydrogen (secondary N) is 2. The molecule has 2 aromatic carbocycles. The minimum Gasteiger partial charge on any atom is -0.355 e. The lowest BCUT2D eigenvalue weighted by Gasteiger charge is -2.04. The number of benzene rings is 2. The Morgan fingerprint density at radius 1 is 1.05 bits per heavy atom. The Morgan fingerprint density at radius 2 is 1.73 bits per heavy atom. The molecule has 5 heteroatoms. The van der Waals surface area contributed by atoms with Crippen LogP contribution in [-0.4, -0.2) is 18.9 Å². The van der Waals surface area contributed by atoms with Crippen LogP contribution in [0.5, 0.6) is 0 Å². The molecule has 0 saturated heterocycles. The quantitative estimate of drug-likeness (QED) is 0.605. The second-order valence-corrected chi connectivity index (χ2v) is 5.67. The van der Waals surface area contributed by atoms with E-state index in [-0.39, 0.29) is 11.8 Å². The Labute approximate surface area is 142 Å². The van der Waals surface area contributed by atoms with Gasteiger partial charge in [0, 0.05) is 22.3 Å². The van der Waals surface area contributed by atoms with E-state index in [2.05, 4.69) is 33.2 Å². The highest BCUT2D eigenvalue weighted by Gasteiger charge is 2.03. The molecule has 0 spiro atoms. The van der Waals surface area contributed by atoms with Gasteiger partial charge in [0.25, 0.3) is 5.91 Å². The molecule has 2 N–H and O–H groups in total. The van der Waals surface area contributed by atoms with E-state index in [1.165, 1.54) is 6.08 Å². The third-order valence-corrected chi connectivity index (χ3v) is 3.90. The summed E-state index contributed by atoms with van der Waals surface area (Å²) in [5.41, 5.74) is 2.22. The second-order valence-electron chi connectivity index (χ2n) is 4.50. The molecule has 2 aromatic rings. The molecule has 0 fully saturated rings. The Hall–Kier alpha value is -2.15. The zero-order valence-electron chi connectivity index (χ0n) is 12.0. The van der Waals surface area contributed by atoms with Crippen molar-refractivity contribution in [2.24, 2.45) is 0 Å². The molecule has 0 aromatic heterocycles. The van der Waals surface area contributed by atoms with Crippen LogP contribution < -0.4 is 10.6 Å². The van der Waals surface area contributed by atoms with Crippen molar-refractivity contribution in [2.75, 3.05) is 12.4 Å². The van der Waals surface area contributed by atoms with Crippen molar-refractivity contribution in [3.8, 4) is 0 Å². The molecule has 0 saturated carbocycles. The molecule has 0 radical (unpaired) electrons. The highest BCUT2D eigenvalue weighted by atomic mass is 127. The zero-order valence-corrected chi connectivity index (χ0v) is 14.1. The van der Waals surface area contributed by atoms with Gasteiger partial charge < -0.3 is 10.6 Å². The summed E-state index contributed by atoms with van der Waals surface area (Å²) >= 11 is 2.17. The number of para-hydroxylation sites is 1. The van der Waals surface area contributed by atoms with E-state index in [4.69, 9.17) is 0 Å². The molecule has 0 aliphatic rings. The molecule has 0 unspecified atom stereocenters. The monoisotopic (exact) mass is 406 g/mol. The van der Waals surface area contributed by atoms with Gasteiger partial charge in [-0.25, -0.2) is 0 Å². The van der Waals surface area contributed by atoms with Crippen LogP contribution in [0.25, 0.3) is 6.08 Å². The molecule has 0 bridgehead atoms. The summed E-state index contributed by atoms with van der Waals surface area (Å²) in [5, 5.41) is 5.38. The summed E-state index contributed by atoms with van der Waals surface area (Å²) in [4.78, 5) is 23.3. The van der Waals surface area contributed by atoms with Crippen molar-refractivity contribution in [3.05, 3.63) is 69.3 Å². The average molecular weight is 406 g/mol. The van der Waals surface area contributed by atoms with E-state index in [1.54, 1.807) is 37.4 Å². The lowest BCUT2D eigenvalue weighted by Crippen LogP contribution is -2.17. The second kappa shape index (κ2) is 7.74. The van der Waals surface area contributed by atoms with Crippen molar-refractivity contribution in [1.29, 1.82) is 0 Å². The molecule has 112 valence electrons. The molecule has 2 rings (SSSR count). The Morgan fingerprint density at radius 3 is 2.36 bits per heavy atom. The third kappa shape index (κ3) is 4.42. The molecule has 0 aliphatic heterocycles. The number of carbonyl (C=O) groups is 2. The van der Waals surface area contributed by atoms with Crippen LogP contribution in [0, 0.1) is 3.57 Å². The number of carbonyl (C=O) groups excluding carboxylic acids is 2. The van der Waals surface area contributed by atoms with Gasteiger partial charge >= 0.3 is 0 Å². The van der Waals surface area contributed by atoms with Gasteiger partial charge in [-0.05, 0) is 58.5 Å². The van der Waals surface area contributed by atoms with E-state index >= 15 is 0 Å². The maximum absolute atomic E-state index is 11.9. The summed E-state index contributed by atoms with van der Waals surface area (Å²) in [6.45, 7) is 0. The summed E-state index contributed by atoms with van der Waals surface area (Å²) in [6, 6.07) is 14.6. The van der Waals surface area contributed by atoms with Crippen LogP contribution in [-0.2, 0) is 4.79 Å². The van der Waals surface area contributed by atoms with Crippen molar-refractivity contribution < 1.29 is 9.59 Å². The fraction of sp³-hybridized carbons (Fsp3) is 0.0588. The molecule has 0 heterocycles. The van der Waals surface area contributed by atoms with E-state index < -0.39 is 0 Å². The smallest absolute Gasteiger partial charge is 0.251 e. The van der Waals surface area contributed by atoms with Crippen LogP contribution in [0.2, 0.25) is 0 Å². The first-order valence-electron chi connectivity index (χ1n) is 6.66. The fourth-order valence-electron chi connectivity index (χ4n) is 1.80. The SMILES string of the molecule is CNC(=O)c1ccc(/C=C/C(=O)Nc2ccccc2I)cc1. The van der Waals surface area contributed by atoms with E-state index in [9.17, 15) is 9.59 Å². The zero-order chi connectivity index (χ0) is 15.9. The summed E-state index contributed by atoms with van der Waals surface area (Å²) in [6.07, 6.45) is 3.18. The molecule has 4 nitrogen and oxygen atoms in total. The first-order valence-corrected chi connectivity index (χ1v) is 7.74. The molecular weight excluding hydrogens is 391 g/mol. The minimum absolute atomic E-state index is 0.132. The molecule has 22 heavy (non-hydrogen) atoms. The average Bonchev–Trinajstić information content (AvgIpc) is 2.55. The van der Waals surface area contributed by atoms with E-state index in [0.717, 1.165) is 14.8 Å². The molecule has 0 atom stereocenters. The van der Waals surface area contributed by atoms with Gasteiger partial charge in [0.2, 0.25) is 5.91 Å². The van der Waals surface area contributed by atoms with Gasteiger partial charge in [0.1, 0.15) is 0 Å². The number of anilines is 1. The van der Waals surface area contributed by atoms with Gasteiger partial charge in [-0.15, -0.1) is 0 Å². The van der Waals surface area contributed by atoms with Crippen LogP contribution >= 0.6 is 22.6 Å². The summed E-state index contributed by atoms with van der Waals surface area (Å²) in [5.74, 6) is -0.327. The molecular formula is C17H15IN2O2. The third-order valence-electron chi connectivity index (χ3n) is 2.96. The van der Waals surface area contributed by atoms with Crippen LogP contribution in [0.4, 0.5) is 5.69 Å². The summed E-state index contributed by atoms with van der Waals surface area (Å²) < 4.78 is 0.983.